The molecule has 0 N–H and O–H groups in total. The molecule has 0 aliphatic rings. The predicted molar refractivity (Wildman–Crippen MR) is 116 cm³/mol. The lowest BCUT2D eigenvalue weighted by atomic mass is 10.0. The molecule has 0 radical (unpaired) electrons. The standard InChI is InChI=1S/C23H16BrClFNO2/c1-28-22-11-17(10-18(13-27)16-4-6-19(25)7-5-16)21(24)12-23(22)29-14-15-2-8-20(26)9-3-15/h2-12H,14H2,1H3/b18-10+. The third-order valence-electron chi connectivity index (χ3n) is 4.17. The summed E-state index contributed by atoms with van der Waals surface area (Å²) in [6.07, 6.45) is 1.76. The van der Waals surface area contributed by atoms with Gasteiger partial charge in [-0.15, -0.1) is 0 Å². The van der Waals surface area contributed by atoms with Crippen LogP contribution in [0.1, 0.15) is 16.7 Å². The first-order chi connectivity index (χ1) is 14.0. The average molecular weight is 473 g/mol. The van der Waals surface area contributed by atoms with Crippen molar-refractivity contribution in [1.29, 1.82) is 5.26 Å². The summed E-state index contributed by atoms with van der Waals surface area (Å²) in [5.41, 5.74) is 2.86. The van der Waals surface area contributed by atoms with Crippen LogP contribution in [0.4, 0.5) is 4.39 Å². The fourth-order valence-corrected chi connectivity index (χ4v) is 3.20. The van der Waals surface area contributed by atoms with Gasteiger partial charge in [0.05, 0.1) is 18.8 Å². The number of ether oxygens (including phenoxy) is 2. The van der Waals surface area contributed by atoms with Crippen LogP contribution in [0.2, 0.25) is 5.02 Å². The van der Waals surface area contributed by atoms with Crippen molar-refractivity contribution < 1.29 is 13.9 Å². The number of nitrogens with zero attached hydrogens (tertiary/aromatic N) is 1. The molecule has 0 saturated carbocycles. The van der Waals surface area contributed by atoms with Crippen LogP contribution in [-0.2, 0) is 6.61 Å². The van der Waals surface area contributed by atoms with E-state index in [9.17, 15) is 9.65 Å². The summed E-state index contributed by atoms with van der Waals surface area (Å²) < 4.78 is 25.1. The quantitative estimate of drug-likeness (QED) is 0.290. The zero-order valence-electron chi connectivity index (χ0n) is 15.5. The van der Waals surface area contributed by atoms with Crippen LogP contribution >= 0.6 is 27.5 Å². The fourth-order valence-electron chi connectivity index (χ4n) is 2.64. The molecule has 0 unspecified atom stereocenters. The summed E-state index contributed by atoms with van der Waals surface area (Å²) in [6, 6.07) is 19.0. The van der Waals surface area contributed by atoms with E-state index >= 15 is 0 Å². The summed E-state index contributed by atoms with van der Waals surface area (Å²) in [6.45, 7) is 0.270. The van der Waals surface area contributed by atoms with E-state index in [4.69, 9.17) is 21.1 Å². The van der Waals surface area contributed by atoms with Gasteiger partial charge in [0, 0.05) is 9.50 Å². The van der Waals surface area contributed by atoms with E-state index < -0.39 is 0 Å². The minimum absolute atomic E-state index is 0.270. The molecule has 146 valence electrons. The maximum Gasteiger partial charge on any atom is 0.162 e. The van der Waals surface area contributed by atoms with Crippen LogP contribution in [0.3, 0.4) is 0 Å². The van der Waals surface area contributed by atoms with Crippen molar-refractivity contribution in [3.05, 3.63) is 92.7 Å². The SMILES string of the molecule is COc1cc(/C=C(\C#N)c2ccc(Cl)cc2)c(Br)cc1OCc1ccc(F)cc1. The van der Waals surface area contributed by atoms with Crippen LogP contribution in [0, 0.1) is 17.1 Å². The Kier molecular flexibility index (Phi) is 6.92. The van der Waals surface area contributed by atoms with Gasteiger partial charge in [-0.05, 0) is 59.2 Å². The molecule has 0 bridgehead atoms. The van der Waals surface area contributed by atoms with Gasteiger partial charge in [-0.2, -0.15) is 5.26 Å². The van der Waals surface area contributed by atoms with Crippen LogP contribution in [0.25, 0.3) is 11.6 Å². The molecule has 0 spiro atoms. The third-order valence-corrected chi connectivity index (χ3v) is 5.10. The van der Waals surface area contributed by atoms with Crippen molar-refractivity contribution in [3.8, 4) is 17.6 Å². The largest absolute Gasteiger partial charge is 0.493 e. The highest BCUT2D eigenvalue weighted by atomic mass is 79.9. The van der Waals surface area contributed by atoms with Crippen molar-refractivity contribution >= 4 is 39.2 Å². The molecular formula is C23H16BrClFNO2. The van der Waals surface area contributed by atoms with E-state index in [0.717, 1.165) is 21.2 Å². The highest BCUT2D eigenvalue weighted by Crippen LogP contribution is 2.36. The van der Waals surface area contributed by atoms with E-state index in [2.05, 4.69) is 22.0 Å². The molecule has 29 heavy (non-hydrogen) atoms. The molecule has 3 aromatic rings. The molecule has 0 fully saturated rings. The van der Waals surface area contributed by atoms with Crippen molar-refractivity contribution in [2.24, 2.45) is 0 Å². The molecule has 0 heterocycles. The van der Waals surface area contributed by atoms with Gasteiger partial charge in [-0.3, -0.25) is 0 Å². The third kappa shape index (κ3) is 5.38. The van der Waals surface area contributed by atoms with Crippen LogP contribution in [-0.4, -0.2) is 7.11 Å². The Bertz CT molecular complexity index is 1070. The van der Waals surface area contributed by atoms with E-state index in [-0.39, 0.29) is 12.4 Å². The fraction of sp³-hybridized carbons (Fsp3) is 0.0870. The Morgan fingerprint density at radius 2 is 1.79 bits per heavy atom. The molecule has 3 nitrogen and oxygen atoms in total. The van der Waals surface area contributed by atoms with Gasteiger partial charge in [0.1, 0.15) is 12.4 Å². The lowest BCUT2D eigenvalue weighted by Gasteiger charge is -2.13. The average Bonchev–Trinajstić information content (AvgIpc) is 2.73. The maximum absolute atomic E-state index is 13.0. The number of benzene rings is 3. The van der Waals surface area contributed by atoms with Crippen LogP contribution in [0.15, 0.2) is 65.1 Å². The first-order valence-electron chi connectivity index (χ1n) is 8.62. The minimum atomic E-state index is -0.292. The number of hydrogen-bond acceptors (Lipinski definition) is 3. The highest BCUT2D eigenvalue weighted by Gasteiger charge is 2.11. The van der Waals surface area contributed by atoms with Gasteiger partial charge < -0.3 is 9.47 Å². The van der Waals surface area contributed by atoms with Crippen molar-refractivity contribution in [2.75, 3.05) is 7.11 Å². The summed E-state index contributed by atoms with van der Waals surface area (Å²) in [5, 5.41) is 10.2. The number of hydrogen-bond donors (Lipinski definition) is 0. The number of methoxy groups -OCH3 is 1. The molecule has 0 amide bonds. The summed E-state index contributed by atoms with van der Waals surface area (Å²) in [5.74, 6) is 0.764. The van der Waals surface area contributed by atoms with Gasteiger partial charge in [-0.1, -0.05) is 51.8 Å². The van der Waals surface area contributed by atoms with Gasteiger partial charge >= 0.3 is 0 Å². The highest BCUT2D eigenvalue weighted by molar-refractivity contribution is 9.10. The Labute approximate surface area is 182 Å². The number of nitriles is 1. The Morgan fingerprint density at radius 3 is 2.41 bits per heavy atom. The van der Waals surface area contributed by atoms with Crippen molar-refractivity contribution in [1.82, 2.24) is 0 Å². The zero-order chi connectivity index (χ0) is 20.8. The van der Waals surface area contributed by atoms with Crippen molar-refractivity contribution in [3.63, 3.8) is 0 Å². The molecule has 0 atom stereocenters. The molecular weight excluding hydrogens is 457 g/mol. The topological polar surface area (TPSA) is 42.2 Å². The second-order valence-corrected chi connectivity index (χ2v) is 7.41. The summed E-state index contributed by atoms with van der Waals surface area (Å²) in [7, 11) is 1.55. The van der Waals surface area contributed by atoms with E-state index in [0.29, 0.717) is 22.1 Å². The lowest BCUT2D eigenvalue weighted by molar-refractivity contribution is 0.284. The molecule has 3 aromatic carbocycles. The van der Waals surface area contributed by atoms with Gasteiger partial charge in [0.25, 0.3) is 0 Å². The predicted octanol–water partition coefficient (Wildman–Crippen LogP) is 6.89. The minimum Gasteiger partial charge on any atom is -0.493 e. The van der Waals surface area contributed by atoms with E-state index in [1.807, 2.05) is 0 Å². The molecule has 0 aromatic heterocycles. The van der Waals surface area contributed by atoms with E-state index in [1.54, 1.807) is 61.7 Å². The smallest absolute Gasteiger partial charge is 0.162 e. The zero-order valence-corrected chi connectivity index (χ0v) is 17.8. The molecule has 6 heteroatoms. The second-order valence-electron chi connectivity index (χ2n) is 6.12. The first kappa shape index (κ1) is 20.9. The number of halogens is 3. The number of allylic oxidation sites excluding steroid dienone is 1. The Balaban J connectivity index is 1.88. The number of rotatable bonds is 6. The van der Waals surface area contributed by atoms with Gasteiger partial charge in [0.2, 0.25) is 0 Å². The molecule has 0 aliphatic carbocycles. The van der Waals surface area contributed by atoms with Crippen LogP contribution < -0.4 is 9.47 Å². The maximum atomic E-state index is 13.0. The second kappa shape index (κ2) is 9.60. The van der Waals surface area contributed by atoms with Crippen LogP contribution in [0.5, 0.6) is 11.5 Å². The molecule has 0 saturated heterocycles. The lowest BCUT2D eigenvalue weighted by Crippen LogP contribution is -1.98. The summed E-state index contributed by atoms with van der Waals surface area (Å²) in [4.78, 5) is 0. The monoisotopic (exact) mass is 471 g/mol. The van der Waals surface area contributed by atoms with E-state index in [1.165, 1.54) is 12.1 Å². The Hall–Kier alpha value is -2.81. The Morgan fingerprint density at radius 1 is 1.10 bits per heavy atom. The first-order valence-corrected chi connectivity index (χ1v) is 9.80. The molecule has 3 rings (SSSR count). The van der Waals surface area contributed by atoms with Gasteiger partial charge in [-0.25, -0.2) is 4.39 Å². The molecule has 0 aliphatic heterocycles. The normalized spacial score (nSPS) is 11.1. The van der Waals surface area contributed by atoms with Crippen molar-refractivity contribution in [2.45, 2.75) is 6.61 Å². The summed E-state index contributed by atoms with van der Waals surface area (Å²) >= 11 is 9.45. The van der Waals surface area contributed by atoms with Gasteiger partial charge in [0.15, 0.2) is 11.5 Å².